The molecule has 0 aliphatic heterocycles. The van der Waals surface area contributed by atoms with E-state index < -0.39 is 10.0 Å². The first-order chi connectivity index (χ1) is 12.7. The predicted molar refractivity (Wildman–Crippen MR) is 105 cm³/mol. The Balaban J connectivity index is 2.05. The van der Waals surface area contributed by atoms with E-state index in [1.165, 1.54) is 30.6 Å². The van der Waals surface area contributed by atoms with Crippen LogP contribution in [0.15, 0.2) is 53.4 Å². The summed E-state index contributed by atoms with van der Waals surface area (Å²) >= 11 is 0. The molecule has 27 heavy (non-hydrogen) atoms. The topological polar surface area (TPSA) is 75.7 Å². The highest BCUT2D eigenvalue weighted by molar-refractivity contribution is 7.89. The molecule has 0 atom stereocenters. The molecule has 0 saturated carbocycles. The first kappa shape index (κ1) is 20.9. The van der Waals surface area contributed by atoms with E-state index in [-0.39, 0.29) is 17.3 Å². The number of methoxy groups -OCH3 is 1. The molecule has 146 valence electrons. The molecule has 1 N–H and O–H groups in total. The largest absolute Gasteiger partial charge is 0.497 e. The lowest BCUT2D eigenvalue weighted by Crippen LogP contribution is -2.27. The van der Waals surface area contributed by atoms with Crippen molar-refractivity contribution < 1.29 is 17.9 Å². The predicted octanol–water partition coefficient (Wildman–Crippen LogP) is 2.90. The minimum Gasteiger partial charge on any atom is -0.497 e. The summed E-state index contributed by atoms with van der Waals surface area (Å²) in [6, 6.07) is 13.2. The summed E-state index contributed by atoms with van der Waals surface area (Å²) in [5.41, 5.74) is 1.36. The van der Waals surface area contributed by atoms with Crippen LogP contribution < -0.4 is 10.1 Å². The zero-order valence-electron chi connectivity index (χ0n) is 16.1. The van der Waals surface area contributed by atoms with Crippen LogP contribution in [0.4, 0.5) is 0 Å². The van der Waals surface area contributed by atoms with E-state index in [0.717, 1.165) is 5.56 Å². The first-order valence-electron chi connectivity index (χ1n) is 8.71. The van der Waals surface area contributed by atoms with Crippen LogP contribution in [0.3, 0.4) is 0 Å². The molecule has 2 aromatic rings. The van der Waals surface area contributed by atoms with Crippen molar-refractivity contribution in [1.82, 2.24) is 9.62 Å². The second-order valence-corrected chi connectivity index (χ2v) is 8.78. The summed E-state index contributed by atoms with van der Waals surface area (Å²) in [6.45, 7) is 4.89. The number of ether oxygens (including phenoxy) is 1. The van der Waals surface area contributed by atoms with Gasteiger partial charge in [-0.25, -0.2) is 8.42 Å². The summed E-state index contributed by atoms with van der Waals surface area (Å²) < 4.78 is 31.7. The normalized spacial score (nSPS) is 11.6. The molecule has 0 aliphatic carbocycles. The van der Waals surface area contributed by atoms with Crippen LogP contribution in [0.5, 0.6) is 5.75 Å². The molecular formula is C20H26N2O4S. The Morgan fingerprint density at radius 3 is 2.19 bits per heavy atom. The van der Waals surface area contributed by atoms with Crippen LogP contribution in [0.2, 0.25) is 0 Å². The molecule has 0 aromatic heterocycles. The van der Waals surface area contributed by atoms with Gasteiger partial charge in [0.1, 0.15) is 5.75 Å². The van der Waals surface area contributed by atoms with E-state index in [9.17, 15) is 13.2 Å². The van der Waals surface area contributed by atoms with Gasteiger partial charge in [0.15, 0.2) is 0 Å². The first-order valence-corrected chi connectivity index (χ1v) is 10.2. The van der Waals surface area contributed by atoms with Crippen LogP contribution in [0.1, 0.15) is 29.8 Å². The summed E-state index contributed by atoms with van der Waals surface area (Å²) in [6.07, 6.45) is 0. The van der Waals surface area contributed by atoms with Crippen molar-refractivity contribution in [3.8, 4) is 5.75 Å². The number of amides is 1. The maximum atomic E-state index is 12.7. The van der Waals surface area contributed by atoms with Crippen molar-refractivity contribution >= 4 is 15.9 Å². The molecule has 2 rings (SSSR count). The Morgan fingerprint density at radius 2 is 1.67 bits per heavy atom. The lowest BCUT2D eigenvalue weighted by atomic mass is 10.1. The third-order valence-electron chi connectivity index (χ3n) is 4.06. The van der Waals surface area contributed by atoms with Gasteiger partial charge in [0.25, 0.3) is 5.91 Å². The highest BCUT2D eigenvalue weighted by Gasteiger charge is 2.21. The van der Waals surface area contributed by atoms with Gasteiger partial charge < -0.3 is 10.1 Å². The van der Waals surface area contributed by atoms with E-state index in [4.69, 9.17) is 4.74 Å². The lowest BCUT2D eigenvalue weighted by molar-refractivity contribution is 0.0949. The average molecular weight is 391 g/mol. The van der Waals surface area contributed by atoms with Crippen molar-refractivity contribution in [3.05, 3.63) is 59.7 Å². The third kappa shape index (κ3) is 5.55. The van der Waals surface area contributed by atoms with Crippen molar-refractivity contribution in [3.63, 3.8) is 0 Å². The van der Waals surface area contributed by atoms with Crippen LogP contribution >= 0.6 is 0 Å². The molecule has 7 heteroatoms. The van der Waals surface area contributed by atoms with E-state index in [2.05, 4.69) is 5.32 Å². The zero-order chi connectivity index (χ0) is 20.0. The number of nitrogens with one attached hydrogen (secondary N) is 1. The Labute approximate surface area is 161 Å². The van der Waals surface area contributed by atoms with Crippen molar-refractivity contribution in [2.75, 3.05) is 20.7 Å². The highest BCUT2D eigenvalue weighted by Crippen LogP contribution is 2.20. The minimum atomic E-state index is -3.61. The maximum absolute atomic E-state index is 12.7. The second-order valence-electron chi connectivity index (χ2n) is 6.74. The van der Waals surface area contributed by atoms with E-state index in [0.29, 0.717) is 23.8 Å². The Morgan fingerprint density at radius 1 is 1.07 bits per heavy atom. The molecule has 0 spiro atoms. The Bertz CT molecular complexity index is 860. The number of sulfonamides is 1. The number of rotatable bonds is 8. The SMILES string of the molecule is COc1ccc(S(=O)(=O)N(C)Cc2ccc(C(=O)NCC(C)C)cc2)cc1. The summed E-state index contributed by atoms with van der Waals surface area (Å²) in [5, 5.41) is 2.86. The van der Waals surface area contributed by atoms with Gasteiger partial charge in [0.05, 0.1) is 12.0 Å². The summed E-state index contributed by atoms with van der Waals surface area (Å²) in [5.74, 6) is 0.849. The fourth-order valence-electron chi connectivity index (χ4n) is 2.43. The monoisotopic (exact) mass is 390 g/mol. The summed E-state index contributed by atoms with van der Waals surface area (Å²) in [4.78, 5) is 12.3. The molecule has 0 heterocycles. The van der Waals surface area contributed by atoms with E-state index >= 15 is 0 Å². The molecule has 2 aromatic carbocycles. The molecule has 0 aliphatic rings. The highest BCUT2D eigenvalue weighted by atomic mass is 32.2. The average Bonchev–Trinajstić information content (AvgIpc) is 2.66. The van der Waals surface area contributed by atoms with Gasteiger partial charge in [-0.05, 0) is 47.9 Å². The lowest BCUT2D eigenvalue weighted by Gasteiger charge is -2.17. The Hall–Kier alpha value is -2.38. The van der Waals surface area contributed by atoms with Crippen LogP contribution in [-0.4, -0.2) is 39.3 Å². The summed E-state index contributed by atoms with van der Waals surface area (Å²) in [7, 11) is -0.548. The number of hydrogen-bond acceptors (Lipinski definition) is 4. The fourth-order valence-corrected chi connectivity index (χ4v) is 3.59. The zero-order valence-corrected chi connectivity index (χ0v) is 16.9. The second kappa shape index (κ2) is 9.01. The number of benzene rings is 2. The molecule has 0 saturated heterocycles. The van der Waals surface area contributed by atoms with Gasteiger partial charge in [-0.15, -0.1) is 0 Å². The molecule has 0 fully saturated rings. The van der Waals surface area contributed by atoms with Crippen LogP contribution in [0.25, 0.3) is 0 Å². The van der Waals surface area contributed by atoms with Gasteiger partial charge >= 0.3 is 0 Å². The molecular weight excluding hydrogens is 364 g/mol. The van der Waals surface area contributed by atoms with Gasteiger partial charge in [-0.3, -0.25) is 4.79 Å². The van der Waals surface area contributed by atoms with E-state index in [1.54, 1.807) is 36.4 Å². The number of carbonyl (C=O) groups is 1. The minimum absolute atomic E-state index is 0.130. The van der Waals surface area contributed by atoms with Gasteiger partial charge in [-0.1, -0.05) is 26.0 Å². The Kier molecular flexibility index (Phi) is 6.98. The molecule has 0 radical (unpaired) electrons. The smallest absolute Gasteiger partial charge is 0.251 e. The number of hydrogen-bond donors (Lipinski definition) is 1. The van der Waals surface area contributed by atoms with Crippen molar-refractivity contribution in [2.24, 2.45) is 5.92 Å². The fraction of sp³-hybridized carbons (Fsp3) is 0.350. The third-order valence-corrected chi connectivity index (χ3v) is 5.88. The number of carbonyl (C=O) groups excluding carboxylic acids is 1. The molecule has 0 bridgehead atoms. The molecule has 0 unspecified atom stereocenters. The van der Waals surface area contributed by atoms with Gasteiger partial charge in [0.2, 0.25) is 10.0 Å². The molecule has 1 amide bonds. The van der Waals surface area contributed by atoms with Crippen LogP contribution in [0, 0.1) is 5.92 Å². The quantitative estimate of drug-likeness (QED) is 0.752. The molecule has 6 nitrogen and oxygen atoms in total. The van der Waals surface area contributed by atoms with Gasteiger partial charge in [-0.2, -0.15) is 4.31 Å². The van der Waals surface area contributed by atoms with Gasteiger partial charge in [0, 0.05) is 25.7 Å². The van der Waals surface area contributed by atoms with Crippen LogP contribution in [-0.2, 0) is 16.6 Å². The van der Waals surface area contributed by atoms with Crippen molar-refractivity contribution in [1.29, 1.82) is 0 Å². The standard InChI is InChI=1S/C20H26N2O4S/c1-15(2)13-21-20(23)17-7-5-16(6-8-17)14-22(3)27(24,25)19-11-9-18(26-4)10-12-19/h5-12,15H,13-14H2,1-4H3,(H,21,23). The van der Waals surface area contributed by atoms with Crippen molar-refractivity contribution in [2.45, 2.75) is 25.3 Å². The maximum Gasteiger partial charge on any atom is 0.251 e. The number of nitrogens with zero attached hydrogens (tertiary/aromatic N) is 1. The van der Waals surface area contributed by atoms with E-state index in [1.807, 2.05) is 13.8 Å².